The van der Waals surface area contributed by atoms with Gasteiger partial charge >= 0.3 is 0 Å². The summed E-state index contributed by atoms with van der Waals surface area (Å²) in [5.74, 6) is 0.121. The number of nitrogens with two attached hydrogens (primary N) is 1. The summed E-state index contributed by atoms with van der Waals surface area (Å²) >= 11 is 1.73. The Labute approximate surface area is 163 Å². The molecule has 2 N–H and O–H groups in total. The predicted octanol–water partition coefficient (Wildman–Crippen LogP) is 2.80. The molecule has 6 nitrogen and oxygen atoms in total. The summed E-state index contributed by atoms with van der Waals surface area (Å²) in [4.78, 5) is 29.6. The quantitative estimate of drug-likeness (QED) is 0.756. The van der Waals surface area contributed by atoms with Crippen molar-refractivity contribution >= 4 is 28.8 Å². The van der Waals surface area contributed by atoms with Gasteiger partial charge in [0.05, 0.1) is 19.3 Å². The van der Waals surface area contributed by atoms with E-state index in [2.05, 4.69) is 16.3 Å². The van der Waals surface area contributed by atoms with E-state index in [9.17, 15) is 9.59 Å². The van der Waals surface area contributed by atoms with E-state index in [-0.39, 0.29) is 24.9 Å². The van der Waals surface area contributed by atoms with Gasteiger partial charge in [0, 0.05) is 23.9 Å². The number of likely N-dealkylation sites (tertiary alicyclic amines) is 1. The molecular weight excluding hydrogens is 362 g/mol. The number of rotatable bonds is 8. The molecule has 1 aromatic heterocycles. The van der Waals surface area contributed by atoms with Crippen molar-refractivity contribution in [1.29, 1.82) is 0 Å². The molecule has 1 atom stereocenters. The molecule has 0 saturated carbocycles. The number of para-hydroxylation sites is 2. The summed E-state index contributed by atoms with van der Waals surface area (Å²) in [5, 5.41) is 2.07. The molecular formula is C20H25N3O3S. The van der Waals surface area contributed by atoms with Crippen LogP contribution in [0.1, 0.15) is 30.2 Å². The van der Waals surface area contributed by atoms with Crippen LogP contribution in [0.4, 0.5) is 5.69 Å². The van der Waals surface area contributed by atoms with Crippen LogP contribution < -0.4 is 15.4 Å². The number of primary amides is 1. The average molecular weight is 388 g/mol. The smallest absolute Gasteiger partial charge is 0.241 e. The van der Waals surface area contributed by atoms with Crippen LogP contribution in [0.2, 0.25) is 0 Å². The summed E-state index contributed by atoms with van der Waals surface area (Å²) in [7, 11) is 1.57. The van der Waals surface area contributed by atoms with Crippen molar-refractivity contribution in [3.05, 3.63) is 46.7 Å². The lowest BCUT2D eigenvalue weighted by Crippen LogP contribution is -2.41. The van der Waals surface area contributed by atoms with E-state index in [1.807, 2.05) is 30.3 Å². The van der Waals surface area contributed by atoms with Gasteiger partial charge in [-0.05, 0) is 43.0 Å². The first-order valence-electron chi connectivity index (χ1n) is 9.09. The van der Waals surface area contributed by atoms with Crippen molar-refractivity contribution in [2.24, 2.45) is 5.73 Å². The standard InChI is InChI=1S/C20H25N3O3S/c1-26-17-8-3-2-6-15(17)23(12-10-19(21)24)20(25)14-22-11-4-7-16(22)18-9-5-13-27-18/h2-3,5-6,8-9,13,16H,4,7,10-12,14H2,1H3,(H2,21,24)/t16-/m0/s1. The fourth-order valence-corrected chi connectivity index (χ4v) is 4.43. The van der Waals surface area contributed by atoms with Crippen LogP contribution >= 0.6 is 11.3 Å². The molecule has 0 unspecified atom stereocenters. The number of thiophene rings is 1. The van der Waals surface area contributed by atoms with E-state index in [4.69, 9.17) is 10.5 Å². The summed E-state index contributed by atoms with van der Waals surface area (Å²) in [6, 6.07) is 11.8. The van der Waals surface area contributed by atoms with Gasteiger partial charge in [-0.1, -0.05) is 18.2 Å². The van der Waals surface area contributed by atoms with Gasteiger partial charge < -0.3 is 15.4 Å². The van der Waals surface area contributed by atoms with Crippen molar-refractivity contribution in [2.45, 2.75) is 25.3 Å². The molecule has 2 aromatic rings. The van der Waals surface area contributed by atoms with Gasteiger partial charge in [-0.3, -0.25) is 14.5 Å². The summed E-state index contributed by atoms with van der Waals surface area (Å²) in [6.45, 7) is 1.44. The second-order valence-corrected chi connectivity index (χ2v) is 7.56. The van der Waals surface area contributed by atoms with Crippen LogP contribution in [0.25, 0.3) is 0 Å². The molecule has 144 valence electrons. The Bertz CT molecular complexity index is 779. The largest absolute Gasteiger partial charge is 0.495 e. The molecule has 1 aliphatic rings. The van der Waals surface area contributed by atoms with Gasteiger partial charge in [-0.15, -0.1) is 11.3 Å². The highest BCUT2D eigenvalue weighted by Crippen LogP contribution is 2.35. The van der Waals surface area contributed by atoms with Gasteiger partial charge in [0.1, 0.15) is 5.75 Å². The zero-order chi connectivity index (χ0) is 19.2. The number of ether oxygens (including phenoxy) is 1. The Morgan fingerprint density at radius 1 is 1.30 bits per heavy atom. The number of hydrogen-bond donors (Lipinski definition) is 1. The Hall–Kier alpha value is -2.38. The SMILES string of the molecule is COc1ccccc1N(CCC(N)=O)C(=O)CN1CCC[C@H]1c1cccs1. The monoisotopic (exact) mass is 387 g/mol. The third-order valence-corrected chi connectivity index (χ3v) is 5.81. The molecule has 2 heterocycles. The van der Waals surface area contributed by atoms with Crippen LogP contribution in [0.3, 0.4) is 0 Å². The van der Waals surface area contributed by atoms with E-state index in [1.165, 1.54) is 4.88 Å². The molecule has 2 amide bonds. The minimum absolute atomic E-state index is 0.0517. The molecule has 27 heavy (non-hydrogen) atoms. The first kappa shape index (κ1) is 19.4. The fourth-order valence-electron chi connectivity index (χ4n) is 3.53. The number of methoxy groups -OCH3 is 1. The van der Waals surface area contributed by atoms with E-state index >= 15 is 0 Å². The van der Waals surface area contributed by atoms with E-state index in [1.54, 1.807) is 23.3 Å². The predicted molar refractivity (Wildman–Crippen MR) is 107 cm³/mol. The molecule has 1 saturated heterocycles. The van der Waals surface area contributed by atoms with Crippen LogP contribution in [0.5, 0.6) is 5.75 Å². The average Bonchev–Trinajstić information content (AvgIpc) is 3.33. The van der Waals surface area contributed by atoms with Crippen molar-refractivity contribution in [3.8, 4) is 5.75 Å². The van der Waals surface area contributed by atoms with Crippen molar-refractivity contribution in [1.82, 2.24) is 4.90 Å². The third-order valence-electron chi connectivity index (χ3n) is 4.83. The van der Waals surface area contributed by atoms with Crippen molar-refractivity contribution in [3.63, 3.8) is 0 Å². The number of anilines is 1. The zero-order valence-electron chi connectivity index (χ0n) is 15.5. The van der Waals surface area contributed by atoms with Crippen molar-refractivity contribution in [2.75, 3.05) is 31.6 Å². The molecule has 7 heteroatoms. The number of hydrogen-bond acceptors (Lipinski definition) is 5. The maximum absolute atomic E-state index is 13.2. The number of nitrogens with zero attached hydrogens (tertiary/aromatic N) is 2. The second kappa shape index (κ2) is 9.01. The Morgan fingerprint density at radius 2 is 2.11 bits per heavy atom. The molecule has 1 aliphatic heterocycles. The molecule has 1 aromatic carbocycles. The van der Waals surface area contributed by atoms with Crippen LogP contribution in [0, 0.1) is 0 Å². The molecule has 0 aliphatic carbocycles. The van der Waals surface area contributed by atoms with Crippen LogP contribution in [0.15, 0.2) is 41.8 Å². The van der Waals surface area contributed by atoms with E-state index < -0.39 is 5.91 Å². The van der Waals surface area contributed by atoms with Crippen molar-refractivity contribution < 1.29 is 14.3 Å². The topological polar surface area (TPSA) is 75.9 Å². The third kappa shape index (κ3) is 4.67. The minimum atomic E-state index is -0.430. The molecule has 0 spiro atoms. The Kier molecular flexibility index (Phi) is 6.47. The second-order valence-electron chi connectivity index (χ2n) is 6.58. The molecule has 1 fully saturated rings. The van der Waals surface area contributed by atoms with Gasteiger partial charge in [0.25, 0.3) is 0 Å². The lowest BCUT2D eigenvalue weighted by atomic mass is 10.2. The van der Waals surface area contributed by atoms with E-state index in [0.717, 1.165) is 19.4 Å². The van der Waals surface area contributed by atoms with E-state index in [0.29, 0.717) is 18.0 Å². The normalized spacial score (nSPS) is 17.0. The molecule has 0 bridgehead atoms. The Balaban J connectivity index is 1.79. The minimum Gasteiger partial charge on any atom is -0.495 e. The lowest BCUT2D eigenvalue weighted by Gasteiger charge is -2.29. The first-order chi connectivity index (χ1) is 13.1. The summed E-state index contributed by atoms with van der Waals surface area (Å²) in [6.07, 6.45) is 2.24. The molecule has 0 radical (unpaired) electrons. The van der Waals surface area contributed by atoms with Crippen LogP contribution in [-0.2, 0) is 9.59 Å². The first-order valence-corrected chi connectivity index (χ1v) is 9.97. The number of amides is 2. The van der Waals surface area contributed by atoms with Gasteiger partial charge in [0.2, 0.25) is 11.8 Å². The zero-order valence-corrected chi connectivity index (χ0v) is 16.3. The molecule has 3 rings (SSSR count). The number of carbonyl (C=O) groups is 2. The van der Waals surface area contributed by atoms with Crippen LogP contribution in [-0.4, -0.2) is 43.5 Å². The summed E-state index contributed by atoms with van der Waals surface area (Å²) < 4.78 is 5.41. The summed E-state index contributed by atoms with van der Waals surface area (Å²) in [5.41, 5.74) is 5.99. The highest BCUT2D eigenvalue weighted by atomic mass is 32.1. The highest BCUT2D eigenvalue weighted by Gasteiger charge is 2.30. The fraction of sp³-hybridized carbons (Fsp3) is 0.400. The Morgan fingerprint density at radius 3 is 2.81 bits per heavy atom. The maximum atomic E-state index is 13.2. The van der Waals surface area contributed by atoms with Gasteiger partial charge in [-0.2, -0.15) is 0 Å². The maximum Gasteiger partial charge on any atom is 0.241 e. The highest BCUT2D eigenvalue weighted by molar-refractivity contribution is 7.10. The van der Waals surface area contributed by atoms with Gasteiger partial charge in [0.15, 0.2) is 0 Å². The lowest BCUT2D eigenvalue weighted by molar-refractivity contribution is -0.120. The van der Waals surface area contributed by atoms with Gasteiger partial charge in [-0.25, -0.2) is 0 Å². The number of carbonyl (C=O) groups excluding carboxylic acids is 2. The number of benzene rings is 1.